The third-order valence-electron chi connectivity index (χ3n) is 5.67. The van der Waals surface area contributed by atoms with Crippen molar-refractivity contribution >= 4 is 43.6 Å². The molecule has 1 amide bonds. The summed E-state index contributed by atoms with van der Waals surface area (Å²) in [5, 5.41) is 0.317. The molecule has 2 aromatic heterocycles. The summed E-state index contributed by atoms with van der Waals surface area (Å²) in [6, 6.07) is 6.80. The zero-order valence-corrected chi connectivity index (χ0v) is 17.1. The van der Waals surface area contributed by atoms with Crippen LogP contribution in [0.25, 0.3) is 32.6 Å². The predicted molar refractivity (Wildman–Crippen MR) is 115 cm³/mol. The zero-order valence-electron chi connectivity index (χ0n) is 16.3. The highest BCUT2D eigenvalue weighted by Gasteiger charge is 2.37. The van der Waals surface area contributed by atoms with Crippen LogP contribution in [0, 0.1) is 11.7 Å². The number of nitrogen functional groups attached to an aromatic ring is 1. The Labute approximate surface area is 179 Å². The van der Waals surface area contributed by atoms with E-state index >= 15 is 0 Å². The molecule has 0 radical (unpaired) electrons. The molecule has 6 rings (SSSR count). The number of aromatic nitrogens is 3. The van der Waals surface area contributed by atoms with Crippen molar-refractivity contribution in [3.63, 3.8) is 0 Å². The van der Waals surface area contributed by atoms with Crippen LogP contribution in [-0.4, -0.2) is 33.2 Å². The average molecular weight is 439 g/mol. The number of carbonyl (C=O) groups excluding carboxylic acids is 1. The van der Waals surface area contributed by atoms with Crippen LogP contribution in [0.1, 0.15) is 12.8 Å². The van der Waals surface area contributed by atoms with E-state index in [1.165, 1.54) is 17.4 Å². The minimum Gasteiger partial charge on any atom is -0.489 e. The minimum absolute atomic E-state index is 0.153. The Balaban J connectivity index is 1.48. The van der Waals surface area contributed by atoms with Gasteiger partial charge in [-0.15, -0.1) is 0 Å². The van der Waals surface area contributed by atoms with E-state index in [9.17, 15) is 9.18 Å². The second-order valence-electron chi connectivity index (χ2n) is 7.86. The van der Waals surface area contributed by atoms with Crippen LogP contribution >= 0.6 is 11.3 Å². The SMILES string of the molecule is NC(=O)C(Oc1cc2c3c(c1)nc(-c1cc(F)c4nc(N)sc4c1)n3CCO2)C1CC1. The lowest BCUT2D eigenvalue weighted by molar-refractivity contribution is -0.125. The van der Waals surface area contributed by atoms with E-state index in [0.29, 0.717) is 51.4 Å². The third kappa shape index (κ3) is 2.97. The van der Waals surface area contributed by atoms with Crippen molar-refractivity contribution in [2.24, 2.45) is 11.7 Å². The van der Waals surface area contributed by atoms with E-state index in [1.54, 1.807) is 12.1 Å². The van der Waals surface area contributed by atoms with Crippen LogP contribution in [-0.2, 0) is 11.3 Å². The van der Waals surface area contributed by atoms with Crippen molar-refractivity contribution in [2.75, 3.05) is 12.3 Å². The van der Waals surface area contributed by atoms with Gasteiger partial charge in [0.25, 0.3) is 5.91 Å². The van der Waals surface area contributed by atoms with E-state index in [0.717, 1.165) is 18.4 Å². The number of primary amides is 1. The van der Waals surface area contributed by atoms with Gasteiger partial charge >= 0.3 is 0 Å². The maximum atomic E-state index is 14.7. The maximum absolute atomic E-state index is 14.7. The fourth-order valence-corrected chi connectivity index (χ4v) is 4.92. The Morgan fingerprint density at radius 2 is 2.13 bits per heavy atom. The number of hydrogen-bond acceptors (Lipinski definition) is 7. The van der Waals surface area contributed by atoms with Gasteiger partial charge in [-0.1, -0.05) is 11.3 Å². The lowest BCUT2D eigenvalue weighted by Gasteiger charge is -2.20. The van der Waals surface area contributed by atoms with Crippen molar-refractivity contribution < 1.29 is 18.7 Å². The molecule has 1 atom stereocenters. The van der Waals surface area contributed by atoms with Crippen molar-refractivity contribution in [2.45, 2.75) is 25.5 Å². The van der Waals surface area contributed by atoms with Crippen molar-refractivity contribution in [3.05, 3.63) is 30.1 Å². The lowest BCUT2D eigenvalue weighted by Crippen LogP contribution is -2.35. The highest BCUT2D eigenvalue weighted by Crippen LogP contribution is 2.40. The third-order valence-corrected chi connectivity index (χ3v) is 6.50. The van der Waals surface area contributed by atoms with Gasteiger partial charge in [0.05, 0.1) is 16.8 Å². The predicted octanol–water partition coefficient (Wildman–Crippen LogP) is 3.07. The van der Waals surface area contributed by atoms with Crippen molar-refractivity contribution in [1.82, 2.24) is 14.5 Å². The van der Waals surface area contributed by atoms with Crippen LogP contribution in [0.15, 0.2) is 24.3 Å². The van der Waals surface area contributed by atoms with Crippen LogP contribution < -0.4 is 20.9 Å². The van der Waals surface area contributed by atoms with Gasteiger partial charge in [-0.3, -0.25) is 4.79 Å². The Bertz CT molecular complexity index is 1380. The summed E-state index contributed by atoms with van der Waals surface area (Å²) in [4.78, 5) is 20.6. The summed E-state index contributed by atoms with van der Waals surface area (Å²) >= 11 is 1.23. The monoisotopic (exact) mass is 439 g/mol. The molecule has 2 aromatic carbocycles. The summed E-state index contributed by atoms with van der Waals surface area (Å²) in [5.74, 6) is 0.952. The second-order valence-corrected chi connectivity index (χ2v) is 8.92. The Hall–Kier alpha value is -3.40. The molecule has 1 saturated carbocycles. The van der Waals surface area contributed by atoms with Gasteiger partial charge in [0.1, 0.15) is 35.0 Å². The first kappa shape index (κ1) is 18.4. The molecule has 1 aliphatic heterocycles. The van der Waals surface area contributed by atoms with Gasteiger partial charge in [0.15, 0.2) is 17.1 Å². The molecular weight excluding hydrogens is 421 g/mol. The van der Waals surface area contributed by atoms with Gasteiger partial charge in [0, 0.05) is 23.6 Å². The maximum Gasteiger partial charge on any atom is 0.258 e. The first-order valence-corrected chi connectivity index (χ1v) is 10.8. The fourth-order valence-electron chi connectivity index (χ4n) is 4.14. The number of benzene rings is 2. The number of halogens is 1. The van der Waals surface area contributed by atoms with Crippen molar-refractivity contribution in [3.8, 4) is 22.9 Å². The van der Waals surface area contributed by atoms with Gasteiger partial charge in [-0.25, -0.2) is 14.4 Å². The molecule has 0 spiro atoms. The van der Waals surface area contributed by atoms with Crippen molar-refractivity contribution in [1.29, 1.82) is 0 Å². The van der Waals surface area contributed by atoms with Gasteiger partial charge in [0.2, 0.25) is 0 Å². The molecule has 8 nitrogen and oxygen atoms in total. The summed E-state index contributed by atoms with van der Waals surface area (Å²) < 4.78 is 29.1. The topological polar surface area (TPSA) is 118 Å². The molecule has 4 aromatic rings. The summed E-state index contributed by atoms with van der Waals surface area (Å²) in [6.07, 6.45) is 1.19. The number of amides is 1. The molecule has 158 valence electrons. The number of rotatable bonds is 5. The first-order chi connectivity index (χ1) is 15.0. The Morgan fingerprint density at radius 3 is 2.90 bits per heavy atom. The molecule has 0 saturated heterocycles. The second kappa shape index (κ2) is 6.55. The molecular formula is C21H18FN5O3S. The number of ether oxygens (including phenoxy) is 2. The number of thiazole rings is 1. The van der Waals surface area contributed by atoms with Gasteiger partial charge in [-0.05, 0) is 25.0 Å². The number of fused-ring (bicyclic) bond motifs is 1. The largest absolute Gasteiger partial charge is 0.489 e. The minimum atomic E-state index is -0.664. The molecule has 10 heteroatoms. The zero-order chi connectivity index (χ0) is 21.3. The lowest BCUT2D eigenvalue weighted by atomic mass is 10.2. The quantitative estimate of drug-likeness (QED) is 0.493. The van der Waals surface area contributed by atoms with E-state index in [2.05, 4.69) is 4.98 Å². The number of carbonyl (C=O) groups is 1. The fraction of sp³-hybridized carbons (Fsp3) is 0.286. The van der Waals surface area contributed by atoms with Crippen LogP contribution in [0.3, 0.4) is 0 Å². The number of nitrogens with two attached hydrogens (primary N) is 2. The molecule has 2 aliphatic rings. The summed E-state index contributed by atoms with van der Waals surface area (Å²) in [5.41, 5.74) is 13.6. The highest BCUT2D eigenvalue weighted by atomic mass is 32.1. The number of anilines is 1. The number of nitrogens with zero attached hydrogens (tertiary/aromatic N) is 3. The molecule has 0 bridgehead atoms. The van der Waals surface area contributed by atoms with Crippen LogP contribution in [0.2, 0.25) is 0 Å². The van der Waals surface area contributed by atoms with E-state index in [-0.39, 0.29) is 11.4 Å². The molecule has 1 unspecified atom stereocenters. The molecule has 1 fully saturated rings. The highest BCUT2D eigenvalue weighted by molar-refractivity contribution is 7.22. The Morgan fingerprint density at radius 1 is 1.29 bits per heavy atom. The normalized spacial score (nSPS) is 16.4. The molecule has 3 heterocycles. The Kier molecular flexibility index (Phi) is 3.88. The number of imidazole rings is 1. The summed E-state index contributed by atoms with van der Waals surface area (Å²) in [7, 11) is 0. The van der Waals surface area contributed by atoms with Crippen LogP contribution in [0.5, 0.6) is 11.5 Å². The molecule has 4 N–H and O–H groups in total. The summed E-state index contributed by atoms with van der Waals surface area (Å²) in [6.45, 7) is 1.02. The number of hydrogen-bond donors (Lipinski definition) is 2. The van der Waals surface area contributed by atoms with Gasteiger partial charge < -0.3 is 25.5 Å². The molecule has 31 heavy (non-hydrogen) atoms. The van der Waals surface area contributed by atoms with E-state index in [4.69, 9.17) is 25.9 Å². The van der Waals surface area contributed by atoms with Crippen LogP contribution in [0.4, 0.5) is 9.52 Å². The smallest absolute Gasteiger partial charge is 0.258 e. The van der Waals surface area contributed by atoms with Gasteiger partial charge in [-0.2, -0.15) is 0 Å². The van der Waals surface area contributed by atoms with E-state index < -0.39 is 17.8 Å². The molecule has 1 aliphatic carbocycles. The first-order valence-electron chi connectivity index (χ1n) is 9.97. The average Bonchev–Trinajstić information content (AvgIpc) is 3.39. The standard InChI is InChI=1S/C21H18FN5O3S/c22-12-5-10(6-15-16(12)26-21(24)31-15)20-25-13-7-11(30-18(19(23)28)9-1-2-9)8-14-17(13)27(20)3-4-29-14/h5-9,18H,1-4H2,(H2,23,28)(H2,24,26). The van der Waals surface area contributed by atoms with E-state index in [1.807, 2.05) is 10.6 Å².